The smallest absolute Gasteiger partial charge is 0.0640 e. The highest BCUT2D eigenvalue weighted by molar-refractivity contribution is 6.33. The van der Waals surface area contributed by atoms with Crippen LogP contribution < -0.4 is 5.32 Å². The van der Waals surface area contributed by atoms with Gasteiger partial charge in [-0.1, -0.05) is 17.7 Å². The van der Waals surface area contributed by atoms with Gasteiger partial charge in [0.05, 0.1) is 16.8 Å². The first-order valence-electron chi connectivity index (χ1n) is 6.24. The summed E-state index contributed by atoms with van der Waals surface area (Å²) in [7, 11) is 1.80. The molecule has 1 aliphatic carbocycles. The van der Waals surface area contributed by atoms with Crippen LogP contribution in [0.15, 0.2) is 18.2 Å². The largest absolute Gasteiger partial charge is 0.381 e. The Kier molecular flexibility index (Phi) is 4.30. The summed E-state index contributed by atoms with van der Waals surface area (Å²) in [6.45, 7) is 2.05. The van der Waals surface area contributed by atoms with E-state index in [4.69, 9.17) is 16.3 Å². The summed E-state index contributed by atoms with van der Waals surface area (Å²) in [4.78, 5) is 0. The molecule has 2 rings (SSSR count). The molecule has 0 saturated heterocycles. The second-order valence-corrected chi connectivity index (χ2v) is 5.26. The fourth-order valence-electron chi connectivity index (χ4n) is 2.45. The fourth-order valence-corrected chi connectivity index (χ4v) is 2.74. The lowest BCUT2D eigenvalue weighted by Gasteiger charge is -2.29. The zero-order valence-corrected chi connectivity index (χ0v) is 11.3. The van der Waals surface area contributed by atoms with Crippen molar-refractivity contribution in [2.45, 2.75) is 44.8 Å². The first-order chi connectivity index (χ1) is 8.19. The second-order valence-electron chi connectivity index (χ2n) is 4.85. The molecule has 17 heavy (non-hydrogen) atoms. The normalized spacial score (nSPS) is 24.6. The molecule has 1 saturated carbocycles. The van der Waals surface area contributed by atoms with Gasteiger partial charge in [0.25, 0.3) is 0 Å². The average Bonchev–Trinajstić information content (AvgIpc) is 2.33. The third-order valence-electron chi connectivity index (χ3n) is 3.44. The number of hydrogen-bond donors (Lipinski definition) is 1. The molecule has 1 aromatic carbocycles. The minimum absolute atomic E-state index is 0.394. The van der Waals surface area contributed by atoms with E-state index in [2.05, 4.69) is 24.4 Å². The highest BCUT2D eigenvalue weighted by Crippen LogP contribution is 2.28. The number of hydrogen-bond acceptors (Lipinski definition) is 2. The Labute approximate surface area is 108 Å². The molecule has 1 aliphatic rings. The molecule has 1 N–H and O–H groups in total. The van der Waals surface area contributed by atoms with Crippen molar-refractivity contribution in [2.75, 3.05) is 12.4 Å². The van der Waals surface area contributed by atoms with Crippen LogP contribution in [0.4, 0.5) is 5.69 Å². The molecule has 2 atom stereocenters. The highest BCUT2D eigenvalue weighted by Gasteiger charge is 2.21. The molecule has 0 aliphatic heterocycles. The third kappa shape index (κ3) is 3.36. The lowest BCUT2D eigenvalue weighted by molar-refractivity contribution is 0.0669. The summed E-state index contributed by atoms with van der Waals surface area (Å²) in [5.41, 5.74) is 2.23. The van der Waals surface area contributed by atoms with Crippen LogP contribution in [-0.4, -0.2) is 19.3 Å². The van der Waals surface area contributed by atoms with Crippen molar-refractivity contribution in [1.29, 1.82) is 0 Å². The Hall–Kier alpha value is -0.730. The lowest BCUT2D eigenvalue weighted by Crippen LogP contribution is -2.31. The first-order valence-corrected chi connectivity index (χ1v) is 6.62. The number of anilines is 1. The standard InChI is InChI=1S/C14H20ClNO/c1-10-6-7-14(13(15)8-10)16-11-4-3-5-12(9-11)17-2/h6-8,11-12,16H,3-5,9H2,1-2H3. The number of aryl methyl sites for hydroxylation is 1. The topological polar surface area (TPSA) is 21.3 Å². The molecule has 0 spiro atoms. The Balaban J connectivity index is 2.00. The van der Waals surface area contributed by atoms with Gasteiger partial charge < -0.3 is 10.1 Å². The van der Waals surface area contributed by atoms with Crippen molar-refractivity contribution >= 4 is 17.3 Å². The van der Waals surface area contributed by atoms with E-state index >= 15 is 0 Å². The van der Waals surface area contributed by atoms with Crippen molar-refractivity contribution in [3.8, 4) is 0 Å². The average molecular weight is 254 g/mol. The van der Waals surface area contributed by atoms with Gasteiger partial charge in [-0.25, -0.2) is 0 Å². The Morgan fingerprint density at radius 2 is 2.18 bits per heavy atom. The molecule has 0 amide bonds. The summed E-state index contributed by atoms with van der Waals surface area (Å²) in [6.07, 6.45) is 5.06. The highest BCUT2D eigenvalue weighted by atomic mass is 35.5. The van der Waals surface area contributed by atoms with Gasteiger partial charge in [-0.2, -0.15) is 0 Å². The van der Waals surface area contributed by atoms with Crippen LogP contribution in [0.1, 0.15) is 31.2 Å². The van der Waals surface area contributed by atoms with Gasteiger partial charge in [-0.15, -0.1) is 0 Å². The molecule has 1 aromatic rings. The van der Waals surface area contributed by atoms with Crippen LogP contribution in [0.3, 0.4) is 0 Å². The van der Waals surface area contributed by atoms with Crippen LogP contribution in [0.2, 0.25) is 5.02 Å². The molecular formula is C14H20ClNO. The summed E-state index contributed by atoms with van der Waals surface area (Å²) >= 11 is 6.23. The van der Waals surface area contributed by atoms with E-state index in [1.165, 1.54) is 24.8 Å². The van der Waals surface area contributed by atoms with Crippen molar-refractivity contribution in [3.63, 3.8) is 0 Å². The van der Waals surface area contributed by atoms with E-state index < -0.39 is 0 Å². The van der Waals surface area contributed by atoms with Gasteiger partial charge in [0.1, 0.15) is 0 Å². The lowest BCUT2D eigenvalue weighted by atomic mass is 9.92. The van der Waals surface area contributed by atoms with Crippen LogP contribution >= 0.6 is 11.6 Å². The summed E-state index contributed by atoms with van der Waals surface area (Å²) in [5.74, 6) is 0. The number of methoxy groups -OCH3 is 1. The van der Waals surface area contributed by atoms with E-state index in [0.29, 0.717) is 12.1 Å². The van der Waals surface area contributed by atoms with Gasteiger partial charge in [0, 0.05) is 13.2 Å². The van der Waals surface area contributed by atoms with Crippen LogP contribution in [0.5, 0.6) is 0 Å². The quantitative estimate of drug-likeness (QED) is 0.879. The Morgan fingerprint density at radius 1 is 1.35 bits per heavy atom. The van der Waals surface area contributed by atoms with Crippen LogP contribution in [-0.2, 0) is 4.74 Å². The van der Waals surface area contributed by atoms with E-state index in [1.54, 1.807) is 7.11 Å². The SMILES string of the molecule is COC1CCCC(Nc2ccc(C)cc2Cl)C1. The minimum atomic E-state index is 0.394. The number of nitrogens with one attached hydrogen (secondary N) is 1. The predicted octanol–water partition coefficient (Wildman–Crippen LogP) is 4.02. The Bertz CT molecular complexity index is 380. The molecule has 0 bridgehead atoms. The van der Waals surface area contributed by atoms with Crippen molar-refractivity contribution in [3.05, 3.63) is 28.8 Å². The van der Waals surface area contributed by atoms with Crippen LogP contribution in [0.25, 0.3) is 0 Å². The fraction of sp³-hybridized carbons (Fsp3) is 0.571. The molecule has 0 aromatic heterocycles. The monoisotopic (exact) mass is 253 g/mol. The number of halogens is 1. The van der Waals surface area contributed by atoms with E-state index in [1.807, 2.05) is 6.07 Å². The molecular weight excluding hydrogens is 234 g/mol. The number of rotatable bonds is 3. The van der Waals surface area contributed by atoms with Gasteiger partial charge in [-0.3, -0.25) is 0 Å². The van der Waals surface area contributed by atoms with Crippen molar-refractivity contribution in [2.24, 2.45) is 0 Å². The maximum atomic E-state index is 6.23. The first kappa shape index (κ1) is 12.7. The van der Waals surface area contributed by atoms with Crippen molar-refractivity contribution < 1.29 is 4.74 Å². The maximum Gasteiger partial charge on any atom is 0.0640 e. The van der Waals surface area contributed by atoms with Gasteiger partial charge in [0.15, 0.2) is 0 Å². The summed E-state index contributed by atoms with van der Waals surface area (Å²) in [5, 5.41) is 4.34. The zero-order chi connectivity index (χ0) is 12.3. The molecule has 2 unspecified atom stereocenters. The summed E-state index contributed by atoms with van der Waals surface area (Å²) in [6, 6.07) is 6.63. The number of ether oxygens (including phenoxy) is 1. The molecule has 0 heterocycles. The predicted molar refractivity (Wildman–Crippen MR) is 72.9 cm³/mol. The van der Waals surface area contributed by atoms with Gasteiger partial charge in [0.2, 0.25) is 0 Å². The van der Waals surface area contributed by atoms with E-state index in [0.717, 1.165) is 17.1 Å². The molecule has 3 heteroatoms. The number of benzene rings is 1. The van der Waals surface area contributed by atoms with Gasteiger partial charge in [-0.05, 0) is 50.3 Å². The van der Waals surface area contributed by atoms with Crippen LogP contribution in [0, 0.1) is 6.92 Å². The molecule has 1 fully saturated rings. The third-order valence-corrected chi connectivity index (χ3v) is 3.76. The molecule has 94 valence electrons. The zero-order valence-electron chi connectivity index (χ0n) is 10.5. The second kappa shape index (κ2) is 5.74. The maximum absolute atomic E-state index is 6.23. The molecule has 2 nitrogen and oxygen atoms in total. The Morgan fingerprint density at radius 3 is 2.88 bits per heavy atom. The van der Waals surface area contributed by atoms with Gasteiger partial charge >= 0.3 is 0 Å². The minimum Gasteiger partial charge on any atom is -0.381 e. The van der Waals surface area contributed by atoms with E-state index in [9.17, 15) is 0 Å². The van der Waals surface area contributed by atoms with Crippen molar-refractivity contribution in [1.82, 2.24) is 0 Å². The molecule has 0 radical (unpaired) electrons. The summed E-state index contributed by atoms with van der Waals surface area (Å²) < 4.78 is 5.44. The van der Waals surface area contributed by atoms with E-state index in [-0.39, 0.29) is 0 Å².